The molecule has 0 aromatic carbocycles. The van der Waals surface area contributed by atoms with E-state index in [0.29, 0.717) is 19.3 Å². The summed E-state index contributed by atoms with van der Waals surface area (Å²) in [6, 6.07) is -0.690. The van der Waals surface area contributed by atoms with Gasteiger partial charge in [0, 0.05) is 6.42 Å². The Hall–Kier alpha value is -1.14. The number of hydrogen-bond acceptors (Lipinski definition) is 5. The Morgan fingerprint density at radius 2 is 0.792 bits per heavy atom. The number of esters is 1. The molecule has 0 radical (unpaired) electrons. The predicted octanol–water partition coefficient (Wildman–Crippen LogP) is 13.6. The maximum absolute atomic E-state index is 13.1. The van der Waals surface area contributed by atoms with E-state index < -0.39 is 18.2 Å². The number of rotatable bonds is 43. The van der Waals surface area contributed by atoms with Crippen LogP contribution in [0.1, 0.15) is 265 Å². The van der Waals surface area contributed by atoms with E-state index in [4.69, 9.17) is 4.74 Å². The van der Waals surface area contributed by atoms with E-state index in [0.717, 1.165) is 44.9 Å². The molecular weight excluding hydrogens is 659 g/mol. The maximum atomic E-state index is 13.1. The lowest BCUT2D eigenvalue weighted by molar-refractivity contribution is -0.151. The molecule has 0 saturated heterocycles. The van der Waals surface area contributed by atoms with Gasteiger partial charge in [-0.25, -0.2) is 0 Å². The lowest BCUT2D eigenvalue weighted by Gasteiger charge is -2.24. The van der Waals surface area contributed by atoms with E-state index >= 15 is 0 Å². The average molecular weight is 752 g/mol. The van der Waals surface area contributed by atoms with Crippen molar-refractivity contribution in [3.05, 3.63) is 0 Å². The van der Waals surface area contributed by atoms with Crippen molar-refractivity contribution >= 4 is 11.9 Å². The van der Waals surface area contributed by atoms with Crippen LogP contribution in [0, 0.1) is 0 Å². The van der Waals surface area contributed by atoms with Gasteiger partial charge in [0.25, 0.3) is 0 Å². The standard InChI is InChI=1S/C47H93NO5/c1-4-7-10-13-16-19-21-23-25-28-31-34-37-40-47(52)53-43(38-35-32-29-26-18-15-12-9-6-3)41-46(51)48-44(42-49)45(50)39-36-33-30-27-24-22-20-17-14-11-8-5-2/h43-45,49-50H,4-42H2,1-3H3,(H,48,51). The van der Waals surface area contributed by atoms with Crippen LogP contribution in [-0.4, -0.2) is 46.9 Å². The van der Waals surface area contributed by atoms with Crippen LogP contribution in [0.3, 0.4) is 0 Å². The molecule has 3 atom stereocenters. The van der Waals surface area contributed by atoms with Gasteiger partial charge in [0.15, 0.2) is 0 Å². The molecule has 53 heavy (non-hydrogen) atoms. The van der Waals surface area contributed by atoms with Crippen LogP contribution in [0.2, 0.25) is 0 Å². The second-order valence-electron chi connectivity index (χ2n) is 16.5. The fourth-order valence-corrected chi connectivity index (χ4v) is 7.55. The van der Waals surface area contributed by atoms with Crippen molar-refractivity contribution in [3.8, 4) is 0 Å². The van der Waals surface area contributed by atoms with Crippen LogP contribution in [0.15, 0.2) is 0 Å². The highest BCUT2D eigenvalue weighted by molar-refractivity contribution is 5.77. The van der Waals surface area contributed by atoms with Crippen LogP contribution < -0.4 is 5.32 Å². The highest BCUT2D eigenvalue weighted by atomic mass is 16.5. The SMILES string of the molecule is CCCCCCCCCCCCCCCC(=O)OC(CCCCCCCCCCC)CC(=O)NC(CO)C(O)CCCCCCCCCCCCCC. The monoisotopic (exact) mass is 752 g/mol. The smallest absolute Gasteiger partial charge is 0.306 e. The van der Waals surface area contributed by atoms with Crippen LogP contribution in [0.5, 0.6) is 0 Å². The third-order valence-corrected chi connectivity index (χ3v) is 11.2. The zero-order chi connectivity index (χ0) is 38.9. The topological polar surface area (TPSA) is 95.9 Å². The number of carbonyl (C=O) groups excluding carboxylic acids is 2. The van der Waals surface area contributed by atoms with E-state index in [1.54, 1.807) is 0 Å². The van der Waals surface area contributed by atoms with Gasteiger partial charge < -0.3 is 20.3 Å². The fourth-order valence-electron chi connectivity index (χ4n) is 7.55. The molecule has 0 aliphatic rings. The van der Waals surface area contributed by atoms with Crippen molar-refractivity contribution in [2.75, 3.05) is 6.61 Å². The molecule has 0 spiro atoms. The number of unbranched alkanes of at least 4 members (excludes halogenated alkanes) is 31. The first-order valence-electron chi connectivity index (χ1n) is 23.8. The Kier molecular flexibility index (Phi) is 41.1. The minimum atomic E-state index is -0.777. The summed E-state index contributed by atoms with van der Waals surface area (Å²) in [6.45, 7) is 6.47. The number of ether oxygens (including phenoxy) is 1. The predicted molar refractivity (Wildman–Crippen MR) is 227 cm³/mol. The molecule has 0 rings (SSSR count). The number of nitrogens with one attached hydrogen (secondary N) is 1. The second-order valence-corrected chi connectivity index (χ2v) is 16.5. The van der Waals surface area contributed by atoms with Gasteiger partial charge in [-0.1, -0.05) is 226 Å². The highest BCUT2D eigenvalue weighted by Gasteiger charge is 2.24. The van der Waals surface area contributed by atoms with Crippen molar-refractivity contribution in [1.82, 2.24) is 5.32 Å². The summed E-state index contributed by atoms with van der Waals surface area (Å²) in [7, 11) is 0. The molecule has 1 amide bonds. The van der Waals surface area contributed by atoms with E-state index in [2.05, 4.69) is 26.1 Å². The van der Waals surface area contributed by atoms with Crippen molar-refractivity contribution in [1.29, 1.82) is 0 Å². The summed E-state index contributed by atoms with van der Waals surface area (Å²) in [5.74, 6) is -0.458. The van der Waals surface area contributed by atoms with Gasteiger partial charge >= 0.3 is 5.97 Å². The summed E-state index contributed by atoms with van der Waals surface area (Å²) in [5.41, 5.74) is 0. The quantitative estimate of drug-likeness (QED) is 0.0426. The average Bonchev–Trinajstić information content (AvgIpc) is 3.15. The first-order chi connectivity index (χ1) is 26.0. The normalized spacial score (nSPS) is 13.2. The molecule has 0 bridgehead atoms. The van der Waals surface area contributed by atoms with E-state index in [9.17, 15) is 19.8 Å². The Morgan fingerprint density at radius 1 is 0.472 bits per heavy atom. The van der Waals surface area contributed by atoms with Gasteiger partial charge in [0.2, 0.25) is 5.91 Å². The molecule has 3 unspecified atom stereocenters. The minimum absolute atomic E-state index is 0.0865. The Balaban J connectivity index is 4.47. The van der Waals surface area contributed by atoms with Crippen molar-refractivity contribution in [2.45, 2.75) is 283 Å². The van der Waals surface area contributed by atoms with Gasteiger partial charge in [-0.2, -0.15) is 0 Å². The van der Waals surface area contributed by atoms with Crippen LogP contribution >= 0.6 is 0 Å². The fraction of sp³-hybridized carbons (Fsp3) is 0.957. The summed E-state index contributed by atoms with van der Waals surface area (Å²) in [5, 5.41) is 23.6. The lowest BCUT2D eigenvalue weighted by Crippen LogP contribution is -2.46. The van der Waals surface area contributed by atoms with E-state index in [1.807, 2.05) is 0 Å². The summed E-state index contributed by atoms with van der Waals surface area (Å²) in [6.07, 6.45) is 43.0. The number of amides is 1. The van der Waals surface area contributed by atoms with Crippen molar-refractivity contribution in [2.24, 2.45) is 0 Å². The summed E-state index contributed by atoms with van der Waals surface area (Å²) < 4.78 is 5.90. The Morgan fingerprint density at radius 3 is 1.15 bits per heavy atom. The van der Waals surface area contributed by atoms with Gasteiger partial charge in [-0.05, 0) is 25.7 Å². The maximum Gasteiger partial charge on any atom is 0.306 e. The van der Waals surface area contributed by atoms with Crippen molar-refractivity contribution < 1.29 is 24.5 Å². The largest absolute Gasteiger partial charge is 0.462 e. The summed E-state index contributed by atoms with van der Waals surface area (Å²) >= 11 is 0. The summed E-state index contributed by atoms with van der Waals surface area (Å²) in [4.78, 5) is 25.9. The highest BCUT2D eigenvalue weighted by Crippen LogP contribution is 2.18. The first kappa shape index (κ1) is 51.9. The molecular formula is C47H93NO5. The molecule has 0 aliphatic heterocycles. The molecule has 0 aromatic heterocycles. The van der Waals surface area contributed by atoms with Crippen LogP contribution in [-0.2, 0) is 14.3 Å². The Bertz CT molecular complexity index is 761. The van der Waals surface area contributed by atoms with Crippen LogP contribution in [0.4, 0.5) is 0 Å². The zero-order valence-electron chi connectivity index (χ0n) is 35.9. The van der Waals surface area contributed by atoms with Gasteiger partial charge in [0.05, 0.1) is 25.2 Å². The van der Waals surface area contributed by atoms with Crippen molar-refractivity contribution in [3.63, 3.8) is 0 Å². The Labute approximate surface area is 330 Å². The third kappa shape index (κ3) is 37.6. The molecule has 0 heterocycles. The molecule has 316 valence electrons. The number of carbonyl (C=O) groups is 2. The zero-order valence-corrected chi connectivity index (χ0v) is 35.9. The van der Waals surface area contributed by atoms with Gasteiger partial charge in [-0.3, -0.25) is 9.59 Å². The molecule has 6 heteroatoms. The number of aliphatic hydroxyl groups is 2. The first-order valence-corrected chi connectivity index (χ1v) is 23.8. The minimum Gasteiger partial charge on any atom is -0.462 e. The lowest BCUT2D eigenvalue weighted by atomic mass is 10.0. The number of hydrogen-bond donors (Lipinski definition) is 3. The van der Waals surface area contributed by atoms with Crippen LogP contribution in [0.25, 0.3) is 0 Å². The third-order valence-electron chi connectivity index (χ3n) is 11.2. The van der Waals surface area contributed by atoms with Gasteiger partial charge in [0.1, 0.15) is 6.10 Å². The van der Waals surface area contributed by atoms with E-state index in [-0.39, 0.29) is 24.9 Å². The van der Waals surface area contributed by atoms with Gasteiger partial charge in [-0.15, -0.1) is 0 Å². The molecule has 6 nitrogen and oxygen atoms in total. The second kappa shape index (κ2) is 42.0. The van der Waals surface area contributed by atoms with E-state index in [1.165, 1.54) is 173 Å². The molecule has 3 N–H and O–H groups in total. The molecule has 0 aliphatic carbocycles. The molecule has 0 fully saturated rings. The molecule has 0 saturated carbocycles. The number of aliphatic hydroxyl groups excluding tert-OH is 2. The molecule has 0 aromatic rings.